The summed E-state index contributed by atoms with van der Waals surface area (Å²) in [5, 5.41) is 9.56. The largest absolute Gasteiger partial charge is 0.508 e. The number of phenols is 1. The number of nitrogens with zero attached hydrogens (tertiary/aromatic N) is 1. The van der Waals surface area contributed by atoms with Gasteiger partial charge < -0.3 is 15.0 Å². The molecule has 0 fully saturated rings. The maximum Gasteiger partial charge on any atom is 0.247 e. The monoisotopic (exact) mass is 298 g/mol. The minimum atomic E-state index is -0.166. The minimum absolute atomic E-state index is 0.0593. The van der Waals surface area contributed by atoms with Crippen LogP contribution in [-0.4, -0.2) is 34.0 Å². The van der Waals surface area contributed by atoms with Crippen molar-refractivity contribution in [1.29, 1.82) is 0 Å². The van der Waals surface area contributed by atoms with Crippen molar-refractivity contribution in [2.24, 2.45) is 0 Å². The van der Waals surface area contributed by atoms with Crippen LogP contribution in [0.2, 0.25) is 0 Å². The molecule has 1 aromatic heterocycles. The normalized spacial score (nSPS) is 14.3. The Morgan fingerprint density at radius 2 is 1.91 bits per heavy atom. The zero-order chi connectivity index (χ0) is 15.5. The molecule has 5 heteroatoms. The van der Waals surface area contributed by atoms with Gasteiger partial charge in [-0.3, -0.25) is 9.59 Å². The van der Waals surface area contributed by atoms with Gasteiger partial charge in [0.15, 0.2) is 0 Å². The highest BCUT2D eigenvalue weighted by Crippen LogP contribution is 2.21. The number of H-pyrrole nitrogens is 1. The van der Waals surface area contributed by atoms with Gasteiger partial charge in [0.1, 0.15) is 5.75 Å². The van der Waals surface area contributed by atoms with Gasteiger partial charge in [-0.1, -0.05) is 12.1 Å². The molecule has 0 saturated heterocycles. The Bertz CT molecular complexity index is 731. The van der Waals surface area contributed by atoms with Crippen LogP contribution in [0.4, 0.5) is 0 Å². The molecule has 2 N–H and O–H groups in total. The Hall–Kier alpha value is -2.56. The fraction of sp³-hybridized carbons (Fsp3) is 0.294. The Kier molecular flexibility index (Phi) is 3.96. The maximum absolute atomic E-state index is 12.4. The van der Waals surface area contributed by atoms with Gasteiger partial charge in [0, 0.05) is 25.4 Å². The van der Waals surface area contributed by atoms with Crippen molar-refractivity contribution in [3.8, 4) is 5.75 Å². The van der Waals surface area contributed by atoms with Crippen molar-refractivity contribution in [3.05, 3.63) is 63.6 Å². The number of carbonyl (C=O) groups excluding carboxylic acids is 1. The van der Waals surface area contributed by atoms with Crippen molar-refractivity contribution >= 4 is 5.91 Å². The van der Waals surface area contributed by atoms with Crippen molar-refractivity contribution < 1.29 is 9.90 Å². The highest BCUT2D eigenvalue weighted by molar-refractivity contribution is 5.78. The highest BCUT2D eigenvalue weighted by Gasteiger charge is 2.18. The molecule has 1 aliphatic heterocycles. The van der Waals surface area contributed by atoms with Crippen LogP contribution < -0.4 is 5.56 Å². The molecule has 1 aliphatic rings. The first-order valence-corrected chi connectivity index (χ1v) is 7.38. The average Bonchev–Trinajstić information content (AvgIpc) is 2.71. The van der Waals surface area contributed by atoms with Crippen molar-refractivity contribution in [3.63, 3.8) is 0 Å². The molecule has 0 aliphatic carbocycles. The lowest BCUT2D eigenvalue weighted by molar-refractivity contribution is -0.130. The van der Waals surface area contributed by atoms with Gasteiger partial charge in [0.05, 0.1) is 6.42 Å². The molecular weight excluding hydrogens is 280 g/mol. The van der Waals surface area contributed by atoms with Gasteiger partial charge in [-0.2, -0.15) is 0 Å². The number of phenolic OH excluding ortho intramolecular Hbond substituents is 1. The quantitative estimate of drug-likeness (QED) is 0.876. The Balaban J connectivity index is 1.68. The number of amides is 1. The number of nitrogens with one attached hydrogen (secondary N) is 1. The Morgan fingerprint density at radius 1 is 1.14 bits per heavy atom. The number of aromatic nitrogens is 1. The second-order valence-electron chi connectivity index (χ2n) is 5.57. The smallest absolute Gasteiger partial charge is 0.247 e. The summed E-state index contributed by atoms with van der Waals surface area (Å²) >= 11 is 0. The summed E-state index contributed by atoms with van der Waals surface area (Å²) in [6.07, 6.45) is 3.43. The molecule has 3 rings (SSSR count). The predicted octanol–water partition coefficient (Wildman–Crippen LogP) is 1.25. The van der Waals surface area contributed by atoms with Gasteiger partial charge in [0.2, 0.25) is 11.5 Å². The van der Waals surface area contributed by atoms with E-state index in [1.165, 1.54) is 11.6 Å². The second-order valence-corrected chi connectivity index (χ2v) is 5.57. The summed E-state index contributed by atoms with van der Waals surface area (Å²) in [6.45, 7) is 1.33. The molecule has 0 radical (unpaired) electrons. The molecule has 0 saturated carbocycles. The van der Waals surface area contributed by atoms with Crippen molar-refractivity contribution in [2.75, 3.05) is 13.1 Å². The fourth-order valence-corrected chi connectivity index (χ4v) is 2.80. The molecule has 2 aromatic rings. The van der Waals surface area contributed by atoms with E-state index in [1.54, 1.807) is 24.4 Å². The molecule has 0 atom stereocenters. The summed E-state index contributed by atoms with van der Waals surface area (Å²) < 4.78 is 0. The number of hydrogen-bond donors (Lipinski definition) is 2. The summed E-state index contributed by atoms with van der Waals surface area (Å²) in [7, 11) is 0. The van der Waals surface area contributed by atoms with E-state index in [0.29, 0.717) is 19.5 Å². The van der Waals surface area contributed by atoms with Gasteiger partial charge in [-0.25, -0.2) is 0 Å². The lowest BCUT2D eigenvalue weighted by atomic mass is 10.0. The maximum atomic E-state index is 12.4. The van der Waals surface area contributed by atoms with Gasteiger partial charge in [-0.15, -0.1) is 0 Å². The number of aromatic amines is 1. The highest BCUT2D eigenvalue weighted by atomic mass is 16.3. The molecule has 2 heterocycles. The van der Waals surface area contributed by atoms with E-state index >= 15 is 0 Å². The summed E-state index contributed by atoms with van der Waals surface area (Å²) in [4.78, 5) is 27.9. The molecule has 114 valence electrons. The molecule has 1 aromatic carbocycles. The predicted molar refractivity (Wildman–Crippen MR) is 82.9 cm³/mol. The van der Waals surface area contributed by atoms with E-state index in [-0.39, 0.29) is 17.2 Å². The van der Waals surface area contributed by atoms with E-state index < -0.39 is 0 Å². The standard InChI is InChI=1S/C17H18N2O3/c20-15-3-2-13-5-7-19(8-6-14(13)10-15)17(22)9-12-1-4-16(21)18-11-12/h1-4,10-11,20H,5-9H2,(H,18,21). The Labute approximate surface area is 128 Å². The molecule has 0 spiro atoms. The van der Waals surface area contributed by atoms with Crippen LogP contribution in [0.25, 0.3) is 0 Å². The van der Waals surface area contributed by atoms with Gasteiger partial charge in [-0.05, 0) is 41.7 Å². The zero-order valence-corrected chi connectivity index (χ0v) is 12.2. The average molecular weight is 298 g/mol. The fourth-order valence-electron chi connectivity index (χ4n) is 2.80. The number of pyridine rings is 1. The lowest BCUT2D eigenvalue weighted by Crippen LogP contribution is -2.34. The molecule has 0 unspecified atom stereocenters. The lowest BCUT2D eigenvalue weighted by Gasteiger charge is -2.20. The van der Waals surface area contributed by atoms with E-state index in [2.05, 4.69) is 4.98 Å². The van der Waals surface area contributed by atoms with Crippen LogP contribution in [0.3, 0.4) is 0 Å². The first-order valence-electron chi connectivity index (χ1n) is 7.38. The topological polar surface area (TPSA) is 73.4 Å². The number of fused-ring (bicyclic) bond motifs is 1. The third kappa shape index (κ3) is 3.19. The number of benzene rings is 1. The first-order chi connectivity index (χ1) is 10.6. The van der Waals surface area contributed by atoms with Crippen molar-refractivity contribution in [2.45, 2.75) is 19.3 Å². The number of rotatable bonds is 2. The van der Waals surface area contributed by atoms with Gasteiger partial charge in [0.25, 0.3) is 0 Å². The van der Waals surface area contributed by atoms with Crippen LogP contribution >= 0.6 is 0 Å². The van der Waals surface area contributed by atoms with Gasteiger partial charge >= 0.3 is 0 Å². The van der Waals surface area contributed by atoms with Crippen LogP contribution in [0, 0.1) is 0 Å². The van der Waals surface area contributed by atoms with Crippen LogP contribution in [0.5, 0.6) is 5.75 Å². The van der Waals surface area contributed by atoms with Crippen LogP contribution in [-0.2, 0) is 24.1 Å². The summed E-state index contributed by atoms with van der Waals surface area (Å²) in [6, 6.07) is 8.52. The minimum Gasteiger partial charge on any atom is -0.508 e. The molecule has 1 amide bonds. The number of aromatic hydroxyl groups is 1. The second kappa shape index (κ2) is 6.05. The van der Waals surface area contributed by atoms with Crippen LogP contribution in [0.15, 0.2) is 41.3 Å². The molecule has 5 nitrogen and oxygen atoms in total. The van der Waals surface area contributed by atoms with E-state index in [9.17, 15) is 14.7 Å². The van der Waals surface area contributed by atoms with E-state index in [1.807, 2.05) is 11.0 Å². The van der Waals surface area contributed by atoms with Crippen molar-refractivity contribution in [1.82, 2.24) is 9.88 Å². The number of hydrogen-bond acceptors (Lipinski definition) is 3. The first kappa shape index (κ1) is 14.4. The SMILES string of the molecule is O=C(Cc1ccc(=O)[nH]c1)N1CCc2ccc(O)cc2CC1. The zero-order valence-electron chi connectivity index (χ0n) is 12.2. The third-order valence-electron chi connectivity index (χ3n) is 4.05. The molecule has 22 heavy (non-hydrogen) atoms. The van der Waals surface area contributed by atoms with E-state index in [0.717, 1.165) is 24.0 Å². The Morgan fingerprint density at radius 3 is 2.64 bits per heavy atom. The number of carbonyl (C=O) groups is 1. The third-order valence-corrected chi connectivity index (χ3v) is 4.05. The summed E-state index contributed by atoms with van der Waals surface area (Å²) in [5.74, 6) is 0.329. The summed E-state index contributed by atoms with van der Waals surface area (Å²) in [5.41, 5.74) is 2.95. The molecule has 0 bridgehead atoms. The van der Waals surface area contributed by atoms with E-state index in [4.69, 9.17) is 0 Å². The van der Waals surface area contributed by atoms with Crippen LogP contribution in [0.1, 0.15) is 16.7 Å². The molecular formula is C17H18N2O3.